The van der Waals surface area contributed by atoms with Gasteiger partial charge >= 0.3 is 0 Å². The fourth-order valence-corrected chi connectivity index (χ4v) is 2.10. The molecule has 1 N–H and O–H groups in total. The molecule has 0 radical (unpaired) electrons. The molecule has 1 aromatic heterocycles. The van der Waals surface area contributed by atoms with Gasteiger partial charge in [0, 0.05) is 43.7 Å². The molecular formula is C20H23N3O2. The van der Waals surface area contributed by atoms with Crippen molar-refractivity contribution in [3.05, 3.63) is 71.6 Å². The molecule has 0 fully saturated rings. The maximum absolute atomic E-state index is 12.2. The summed E-state index contributed by atoms with van der Waals surface area (Å²) >= 11 is 0. The van der Waals surface area contributed by atoms with E-state index in [2.05, 4.69) is 10.3 Å². The molecule has 1 heterocycles. The van der Waals surface area contributed by atoms with Crippen LogP contribution in [0.3, 0.4) is 0 Å². The van der Waals surface area contributed by atoms with Crippen LogP contribution in [0.5, 0.6) is 0 Å². The highest BCUT2D eigenvalue weighted by Crippen LogP contribution is 2.09. The van der Waals surface area contributed by atoms with Crippen LogP contribution >= 0.6 is 0 Å². The first-order valence-electron chi connectivity index (χ1n) is 8.19. The number of pyridine rings is 1. The quantitative estimate of drug-likeness (QED) is 0.825. The minimum atomic E-state index is -0.177. The van der Waals surface area contributed by atoms with Gasteiger partial charge in [0.25, 0.3) is 5.91 Å². The van der Waals surface area contributed by atoms with Gasteiger partial charge in [0.05, 0.1) is 0 Å². The first-order valence-corrected chi connectivity index (χ1v) is 8.19. The van der Waals surface area contributed by atoms with E-state index in [-0.39, 0.29) is 17.9 Å². The number of carbonyl (C=O) groups is 2. The maximum atomic E-state index is 12.2. The number of rotatable bonds is 6. The molecule has 2 amide bonds. The van der Waals surface area contributed by atoms with Crippen molar-refractivity contribution < 1.29 is 9.59 Å². The summed E-state index contributed by atoms with van der Waals surface area (Å²) in [6.07, 6.45) is 6.57. The minimum Gasteiger partial charge on any atom is -0.348 e. The van der Waals surface area contributed by atoms with Crippen LogP contribution in [-0.4, -0.2) is 34.8 Å². The van der Waals surface area contributed by atoms with Crippen molar-refractivity contribution in [1.82, 2.24) is 15.2 Å². The lowest BCUT2D eigenvalue weighted by Crippen LogP contribution is -2.32. The van der Waals surface area contributed by atoms with Crippen molar-refractivity contribution in [3.8, 4) is 0 Å². The van der Waals surface area contributed by atoms with Gasteiger partial charge < -0.3 is 10.2 Å². The second-order valence-electron chi connectivity index (χ2n) is 6.04. The number of nitrogens with one attached hydrogen (secondary N) is 1. The molecule has 0 saturated carbocycles. The highest BCUT2D eigenvalue weighted by molar-refractivity contribution is 5.94. The predicted molar refractivity (Wildman–Crippen MR) is 98.8 cm³/mol. The summed E-state index contributed by atoms with van der Waals surface area (Å²) in [5.74, 6) is -0.187. The van der Waals surface area contributed by atoms with E-state index >= 15 is 0 Å². The number of carbonyl (C=O) groups excluding carboxylic acids is 2. The molecule has 1 aromatic carbocycles. The average molecular weight is 337 g/mol. The van der Waals surface area contributed by atoms with Crippen LogP contribution in [0.1, 0.15) is 35.3 Å². The molecule has 5 heteroatoms. The van der Waals surface area contributed by atoms with Crippen LogP contribution in [0.4, 0.5) is 0 Å². The Balaban J connectivity index is 1.88. The van der Waals surface area contributed by atoms with Gasteiger partial charge in [0.1, 0.15) is 0 Å². The van der Waals surface area contributed by atoms with Gasteiger partial charge in [-0.25, -0.2) is 0 Å². The Hall–Kier alpha value is -2.95. The standard InChI is InChI=1S/C20H23N3O2/c1-15(2)23(3)20(25)18-9-6-17(7-10-18)14-22-19(24)11-8-16-5-4-12-21-13-16/h4-13,15H,14H2,1-3H3,(H,22,24)/b11-8+. The first-order chi connectivity index (χ1) is 12.0. The monoisotopic (exact) mass is 337 g/mol. The summed E-state index contributed by atoms with van der Waals surface area (Å²) < 4.78 is 0. The van der Waals surface area contributed by atoms with E-state index in [0.717, 1.165) is 11.1 Å². The molecule has 0 atom stereocenters. The number of nitrogens with zero attached hydrogens (tertiary/aromatic N) is 2. The number of aromatic nitrogens is 1. The SMILES string of the molecule is CC(C)N(C)C(=O)c1ccc(CNC(=O)/C=C/c2cccnc2)cc1. The first kappa shape index (κ1) is 18.4. The lowest BCUT2D eigenvalue weighted by Gasteiger charge is -2.21. The lowest BCUT2D eigenvalue weighted by atomic mass is 10.1. The summed E-state index contributed by atoms with van der Waals surface area (Å²) in [5, 5.41) is 2.82. The van der Waals surface area contributed by atoms with E-state index in [9.17, 15) is 9.59 Å². The molecule has 0 bridgehead atoms. The van der Waals surface area contributed by atoms with Crippen molar-refractivity contribution in [1.29, 1.82) is 0 Å². The van der Waals surface area contributed by atoms with E-state index in [1.807, 2.05) is 38.1 Å². The molecule has 0 aliphatic rings. The smallest absolute Gasteiger partial charge is 0.253 e. The summed E-state index contributed by atoms with van der Waals surface area (Å²) in [6.45, 7) is 4.35. The largest absolute Gasteiger partial charge is 0.348 e. The van der Waals surface area contributed by atoms with E-state index in [4.69, 9.17) is 0 Å². The van der Waals surface area contributed by atoms with Crippen molar-refractivity contribution >= 4 is 17.9 Å². The predicted octanol–water partition coefficient (Wildman–Crippen LogP) is 2.89. The molecule has 0 spiro atoms. The third-order valence-corrected chi connectivity index (χ3v) is 3.87. The molecule has 25 heavy (non-hydrogen) atoms. The van der Waals surface area contributed by atoms with Gasteiger partial charge in [0.2, 0.25) is 5.91 Å². The van der Waals surface area contributed by atoms with Gasteiger partial charge in [-0.15, -0.1) is 0 Å². The Morgan fingerprint density at radius 1 is 1.20 bits per heavy atom. The molecule has 2 aromatic rings. The third-order valence-electron chi connectivity index (χ3n) is 3.87. The zero-order chi connectivity index (χ0) is 18.2. The van der Waals surface area contributed by atoms with Crippen LogP contribution < -0.4 is 5.32 Å². The van der Waals surface area contributed by atoms with Crippen LogP contribution in [-0.2, 0) is 11.3 Å². The number of hydrogen-bond acceptors (Lipinski definition) is 3. The number of amides is 2. The van der Waals surface area contributed by atoms with Crippen LogP contribution in [0, 0.1) is 0 Å². The molecule has 130 valence electrons. The van der Waals surface area contributed by atoms with E-state index in [1.165, 1.54) is 6.08 Å². The third kappa shape index (κ3) is 5.57. The molecule has 5 nitrogen and oxygen atoms in total. The van der Waals surface area contributed by atoms with E-state index in [1.54, 1.807) is 42.6 Å². The van der Waals surface area contributed by atoms with Crippen molar-refractivity contribution in [2.75, 3.05) is 7.05 Å². The molecule has 0 saturated heterocycles. The normalized spacial score (nSPS) is 10.9. The van der Waals surface area contributed by atoms with Crippen LogP contribution in [0.25, 0.3) is 6.08 Å². The van der Waals surface area contributed by atoms with Gasteiger partial charge in [-0.2, -0.15) is 0 Å². The zero-order valence-electron chi connectivity index (χ0n) is 14.8. The van der Waals surface area contributed by atoms with Gasteiger partial charge in [-0.05, 0) is 49.2 Å². The second-order valence-corrected chi connectivity index (χ2v) is 6.04. The average Bonchev–Trinajstić information content (AvgIpc) is 2.64. The fraction of sp³-hybridized carbons (Fsp3) is 0.250. The Labute approximate surface area is 148 Å². The topological polar surface area (TPSA) is 62.3 Å². The maximum Gasteiger partial charge on any atom is 0.253 e. The Bertz CT molecular complexity index is 737. The van der Waals surface area contributed by atoms with Gasteiger partial charge in [-0.3, -0.25) is 14.6 Å². The highest BCUT2D eigenvalue weighted by atomic mass is 16.2. The fourth-order valence-electron chi connectivity index (χ4n) is 2.10. The second kappa shape index (κ2) is 8.78. The lowest BCUT2D eigenvalue weighted by molar-refractivity contribution is -0.116. The van der Waals surface area contributed by atoms with Crippen molar-refractivity contribution in [3.63, 3.8) is 0 Å². The molecule has 0 aliphatic carbocycles. The Morgan fingerprint density at radius 3 is 2.52 bits per heavy atom. The summed E-state index contributed by atoms with van der Waals surface area (Å²) in [6, 6.07) is 11.1. The van der Waals surface area contributed by atoms with Crippen molar-refractivity contribution in [2.24, 2.45) is 0 Å². The molecule has 0 unspecified atom stereocenters. The zero-order valence-corrected chi connectivity index (χ0v) is 14.8. The van der Waals surface area contributed by atoms with Crippen molar-refractivity contribution in [2.45, 2.75) is 26.4 Å². The summed E-state index contributed by atoms with van der Waals surface area (Å²) in [5.41, 5.74) is 2.45. The van der Waals surface area contributed by atoms with Gasteiger partial charge in [-0.1, -0.05) is 18.2 Å². The summed E-state index contributed by atoms with van der Waals surface area (Å²) in [4.78, 5) is 29.8. The molecular weight excluding hydrogens is 314 g/mol. The summed E-state index contributed by atoms with van der Waals surface area (Å²) in [7, 11) is 1.79. The minimum absolute atomic E-state index is 0.00927. The van der Waals surface area contributed by atoms with Crippen LogP contribution in [0.15, 0.2) is 54.9 Å². The molecule has 2 rings (SSSR count). The van der Waals surface area contributed by atoms with E-state index < -0.39 is 0 Å². The molecule has 0 aliphatic heterocycles. The van der Waals surface area contributed by atoms with Crippen LogP contribution in [0.2, 0.25) is 0 Å². The van der Waals surface area contributed by atoms with Gasteiger partial charge in [0.15, 0.2) is 0 Å². The number of benzene rings is 1. The Morgan fingerprint density at radius 2 is 1.92 bits per heavy atom. The Kier molecular flexibility index (Phi) is 6.46. The number of hydrogen-bond donors (Lipinski definition) is 1. The van der Waals surface area contributed by atoms with E-state index in [0.29, 0.717) is 12.1 Å². The highest BCUT2D eigenvalue weighted by Gasteiger charge is 2.13.